The number of aliphatic imine (C=N–C) groups is 1. The molecule has 4 rings (SSSR count). The Labute approximate surface area is 124 Å². The lowest BCUT2D eigenvalue weighted by atomic mass is 9.76. The molecular formula is C17H18N4. The molecule has 0 unspecified atom stereocenters. The van der Waals surface area contributed by atoms with Gasteiger partial charge in [-0.25, -0.2) is 9.97 Å². The smallest absolute Gasteiger partial charge is 0.115 e. The quantitative estimate of drug-likeness (QED) is 0.804. The Hall–Kier alpha value is -2.23. The Balaban J connectivity index is 1.74. The topological polar surface area (TPSA) is 41.4 Å². The minimum Gasteiger partial charge on any atom is -0.364 e. The van der Waals surface area contributed by atoms with Gasteiger partial charge in [0, 0.05) is 31.5 Å². The summed E-state index contributed by atoms with van der Waals surface area (Å²) in [5, 5.41) is 0. The minimum atomic E-state index is 0.0908. The summed E-state index contributed by atoms with van der Waals surface area (Å²) >= 11 is 0. The van der Waals surface area contributed by atoms with E-state index >= 15 is 0 Å². The van der Waals surface area contributed by atoms with E-state index in [1.165, 1.54) is 16.7 Å². The highest BCUT2D eigenvalue weighted by molar-refractivity contribution is 5.68. The van der Waals surface area contributed by atoms with Crippen molar-refractivity contribution in [1.82, 2.24) is 14.9 Å². The summed E-state index contributed by atoms with van der Waals surface area (Å²) in [5.41, 5.74) is 5.35. The van der Waals surface area contributed by atoms with Crippen LogP contribution in [0, 0.1) is 0 Å². The molecule has 21 heavy (non-hydrogen) atoms. The predicted molar refractivity (Wildman–Crippen MR) is 83.3 cm³/mol. The van der Waals surface area contributed by atoms with Crippen molar-refractivity contribution < 1.29 is 0 Å². The molecule has 0 fully saturated rings. The Morgan fingerprint density at radius 1 is 1.19 bits per heavy atom. The minimum absolute atomic E-state index is 0.0908. The summed E-state index contributed by atoms with van der Waals surface area (Å²) < 4.78 is 0. The van der Waals surface area contributed by atoms with E-state index in [1.54, 1.807) is 6.33 Å². The van der Waals surface area contributed by atoms with E-state index in [2.05, 4.69) is 40.1 Å². The highest BCUT2D eigenvalue weighted by Gasteiger charge is 2.38. The molecular weight excluding hydrogens is 260 g/mol. The van der Waals surface area contributed by atoms with E-state index < -0.39 is 0 Å². The lowest BCUT2D eigenvalue weighted by Gasteiger charge is -2.33. The third kappa shape index (κ3) is 2.11. The van der Waals surface area contributed by atoms with E-state index in [9.17, 15) is 0 Å². The average molecular weight is 278 g/mol. The van der Waals surface area contributed by atoms with E-state index in [1.807, 2.05) is 18.7 Å². The van der Waals surface area contributed by atoms with Crippen molar-refractivity contribution in [2.24, 2.45) is 4.99 Å². The zero-order chi connectivity index (χ0) is 14.3. The molecule has 0 bridgehead atoms. The van der Waals surface area contributed by atoms with Crippen LogP contribution < -0.4 is 0 Å². The highest BCUT2D eigenvalue weighted by atomic mass is 15.2. The summed E-state index contributed by atoms with van der Waals surface area (Å²) in [4.78, 5) is 15.3. The summed E-state index contributed by atoms with van der Waals surface area (Å²) in [7, 11) is 2.10. The molecule has 0 radical (unpaired) electrons. The van der Waals surface area contributed by atoms with Crippen molar-refractivity contribution in [1.29, 1.82) is 0 Å². The summed E-state index contributed by atoms with van der Waals surface area (Å²) in [6, 6.07) is 6.57. The number of likely N-dealkylation sites (N-methyl/N-ethyl adjacent to an activating group) is 1. The zero-order valence-corrected chi connectivity index (χ0v) is 12.2. The van der Waals surface area contributed by atoms with Gasteiger partial charge < -0.3 is 4.90 Å². The molecule has 0 saturated heterocycles. The van der Waals surface area contributed by atoms with Gasteiger partial charge in [-0.05, 0) is 36.0 Å². The number of hydrogen-bond donors (Lipinski definition) is 0. The lowest BCUT2D eigenvalue weighted by Crippen LogP contribution is -2.38. The predicted octanol–water partition coefficient (Wildman–Crippen LogP) is 2.34. The van der Waals surface area contributed by atoms with Gasteiger partial charge in [0.15, 0.2) is 0 Å². The second-order valence-corrected chi connectivity index (χ2v) is 6.13. The molecule has 1 aliphatic heterocycles. The maximum atomic E-state index is 4.79. The third-order valence-electron chi connectivity index (χ3n) is 4.58. The first-order valence-corrected chi connectivity index (χ1v) is 7.38. The van der Waals surface area contributed by atoms with Gasteiger partial charge in [-0.2, -0.15) is 0 Å². The molecule has 2 aliphatic rings. The Morgan fingerprint density at radius 3 is 2.81 bits per heavy atom. The average Bonchev–Trinajstić information content (AvgIpc) is 2.88. The molecule has 0 saturated carbocycles. The standard InChI is InChI=1S/C17H18N4/c1-21-10-17(20-12-21)6-5-16-13(7-17)3-2-4-15(16)14-8-18-11-19-9-14/h2-4,8-9,11-12H,5-7,10H2,1H3/t17-/m0/s1. The molecule has 4 heteroatoms. The second-order valence-electron chi connectivity index (χ2n) is 6.13. The van der Waals surface area contributed by atoms with E-state index in [4.69, 9.17) is 4.99 Å². The van der Waals surface area contributed by atoms with Crippen LogP contribution >= 0.6 is 0 Å². The summed E-state index contributed by atoms with van der Waals surface area (Å²) in [5.74, 6) is 0. The monoisotopic (exact) mass is 278 g/mol. The number of benzene rings is 1. The first-order valence-electron chi connectivity index (χ1n) is 7.38. The molecule has 0 amide bonds. The van der Waals surface area contributed by atoms with E-state index in [0.717, 1.165) is 31.4 Å². The van der Waals surface area contributed by atoms with Crippen LogP contribution in [-0.4, -0.2) is 40.3 Å². The van der Waals surface area contributed by atoms with Gasteiger partial charge in [-0.1, -0.05) is 18.2 Å². The van der Waals surface area contributed by atoms with Crippen molar-refractivity contribution >= 4 is 6.34 Å². The number of aromatic nitrogens is 2. The molecule has 4 nitrogen and oxygen atoms in total. The van der Waals surface area contributed by atoms with Crippen molar-refractivity contribution in [2.75, 3.05) is 13.6 Å². The fourth-order valence-corrected chi connectivity index (χ4v) is 3.62. The van der Waals surface area contributed by atoms with Crippen molar-refractivity contribution in [2.45, 2.75) is 24.8 Å². The van der Waals surface area contributed by atoms with Crippen LogP contribution in [0.15, 0.2) is 41.9 Å². The van der Waals surface area contributed by atoms with Crippen LogP contribution in [0.1, 0.15) is 17.5 Å². The molecule has 2 aromatic rings. The number of hydrogen-bond acceptors (Lipinski definition) is 4. The largest absolute Gasteiger partial charge is 0.364 e. The van der Waals surface area contributed by atoms with Crippen molar-refractivity contribution in [3.05, 3.63) is 48.0 Å². The fourth-order valence-electron chi connectivity index (χ4n) is 3.62. The summed E-state index contributed by atoms with van der Waals surface area (Å²) in [6.45, 7) is 1.03. The van der Waals surface area contributed by atoms with Crippen LogP contribution in [-0.2, 0) is 12.8 Å². The SMILES string of the molecule is CN1C=N[C@]2(CCc3c(cccc3-c3cncnc3)C2)C1. The third-order valence-corrected chi connectivity index (χ3v) is 4.58. The van der Waals surface area contributed by atoms with Gasteiger partial charge >= 0.3 is 0 Å². The molecule has 1 aromatic carbocycles. The lowest BCUT2D eigenvalue weighted by molar-refractivity contribution is 0.336. The maximum absolute atomic E-state index is 4.79. The first-order chi connectivity index (χ1) is 10.3. The maximum Gasteiger partial charge on any atom is 0.115 e. The van der Waals surface area contributed by atoms with Gasteiger partial charge in [-0.3, -0.25) is 4.99 Å². The molecule has 1 atom stereocenters. The van der Waals surface area contributed by atoms with Crippen LogP contribution in [0.25, 0.3) is 11.1 Å². The molecule has 1 aromatic heterocycles. The van der Waals surface area contributed by atoms with Gasteiger partial charge in [-0.15, -0.1) is 0 Å². The van der Waals surface area contributed by atoms with Crippen molar-refractivity contribution in [3.63, 3.8) is 0 Å². The number of nitrogens with zero attached hydrogens (tertiary/aromatic N) is 4. The molecule has 106 valence electrons. The van der Waals surface area contributed by atoms with Gasteiger partial charge in [0.25, 0.3) is 0 Å². The Kier molecular flexibility index (Phi) is 2.77. The van der Waals surface area contributed by atoms with Gasteiger partial charge in [0.05, 0.1) is 11.9 Å². The van der Waals surface area contributed by atoms with Crippen LogP contribution in [0.2, 0.25) is 0 Å². The Morgan fingerprint density at radius 2 is 2.05 bits per heavy atom. The van der Waals surface area contributed by atoms with Gasteiger partial charge in [0.2, 0.25) is 0 Å². The van der Waals surface area contributed by atoms with Crippen LogP contribution in [0.5, 0.6) is 0 Å². The molecule has 1 spiro atoms. The zero-order valence-electron chi connectivity index (χ0n) is 12.2. The number of fused-ring (bicyclic) bond motifs is 1. The molecule has 0 N–H and O–H groups in total. The summed E-state index contributed by atoms with van der Waals surface area (Å²) in [6.07, 6.45) is 10.6. The Bertz CT molecular complexity index is 695. The van der Waals surface area contributed by atoms with Gasteiger partial charge in [0.1, 0.15) is 6.33 Å². The normalized spacial score (nSPS) is 23.6. The van der Waals surface area contributed by atoms with Crippen LogP contribution in [0.4, 0.5) is 0 Å². The van der Waals surface area contributed by atoms with E-state index in [-0.39, 0.29) is 5.54 Å². The molecule has 1 aliphatic carbocycles. The van der Waals surface area contributed by atoms with Crippen LogP contribution in [0.3, 0.4) is 0 Å². The first kappa shape index (κ1) is 12.5. The van der Waals surface area contributed by atoms with Crippen molar-refractivity contribution in [3.8, 4) is 11.1 Å². The second kappa shape index (κ2) is 4.65. The highest BCUT2D eigenvalue weighted by Crippen LogP contribution is 2.38. The number of rotatable bonds is 1. The fraction of sp³-hybridized carbons (Fsp3) is 0.353. The molecule has 2 heterocycles. The van der Waals surface area contributed by atoms with E-state index in [0.29, 0.717) is 0 Å².